The fourth-order valence-corrected chi connectivity index (χ4v) is 7.53. The second kappa shape index (κ2) is 5.25. The predicted molar refractivity (Wildman–Crippen MR) is 91.3 cm³/mol. The summed E-state index contributed by atoms with van der Waals surface area (Å²) in [5.41, 5.74) is -0.0959. The number of hydrogen-bond acceptors (Lipinski definition) is 3. The normalized spacial score (nSPS) is 50.9. The van der Waals surface area contributed by atoms with Crippen molar-refractivity contribution in [2.75, 3.05) is 0 Å². The van der Waals surface area contributed by atoms with Gasteiger partial charge in [-0.25, -0.2) is 0 Å². The van der Waals surface area contributed by atoms with E-state index in [1.54, 1.807) is 6.92 Å². The summed E-state index contributed by atoms with van der Waals surface area (Å²) in [5, 5.41) is 0. The van der Waals surface area contributed by atoms with Crippen molar-refractivity contribution in [1.29, 1.82) is 0 Å². The zero-order valence-electron chi connectivity index (χ0n) is 15.3. The highest BCUT2D eigenvalue weighted by Crippen LogP contribution is 2.66. The number of fused-ring (bicyclic) bond motifs is 5. The molecule has 0 aliphatic heterocycles. The Hall–Kier alpha value is -0.990. The molecule has 3 nitrogen and oxygen atoms in total. The molecule has 0 heterocycles. The van der Waals surface area contributed by atoms with Crippen LogP contribution in [0.1, 0.15) is 72.1 Å². The van der Waals surface area contributed by atoms with Gasteiger partial charge in [-0.15, -0.1) is 0 Å². The highest BCUT2D eigenvalue weighted by molar-refractivity contribution is 5.87. The maximum absolute atomic E-state index is 13.3. The van der Waals surface area contributed by atoms with E-state index in [9.17, 15) is 14.4 Å². The molecule has 4 fully saturated rings. The van der Waals surface area contributed by atoms with Crippen molar-refractivity contribution in [2.45, 2.75) is 72.1 Å². The molecule has 0 N–H and O–H groups in total. The summed E-state index contributed by atoms with van der Waals surface area (Å²) in [4.78, 5) is 37.4. The predicted octanol–water partition coefficient (Wildman–Crippen LogP) is 3.98. The van der Waals surface area contributed by atoms with E-state index in [2.05, 4.69) is 13.8 Å². The van der Waals surface area contributed by atoms with E-state index in [1.807, 2.05) is 0 Å². The van der Waals surface area contributed by atoms with Crippen LogP contribution in [-0.4, -0.2) is 17.3 Å². The zero-order valence-corrected chi connectivity index (χ0v) is 15.3. The molecule has 7 atom stereocenters. The molecule has 0 amide bonds. The maximum atomic E-state index is 13.3. The van der Waals surface area contributed by atoms with Gasteiger partial charge in [-0.05, 0) is 67.6 Å². The Morgan fingerprint density at radius 3 is 2.50 bits per heavy atom. The Bertz CT molecular complexity index is 608. The monoisotopic (exact) mass is 330 g/mol. The lowest BCUT2D eigenvalue weighted by Crippen LogP contribution is -2.57. The van der Waals surface area contributed by atoms with Crippen molar-refractivity contribution in [2.24, 2.45) is 40.4 Å². The van der Waals surface area contributed by atoms with Crippen molar-refractivity contribution >= 4 is 17.3 Å². The molecule has 0 radical (unpaired) electrons. The number of carbonyl (C=O) groups excluding carboxylic acids is 3. The quantitative estimate of drug-likeness (QED) is 0.730. The van der Waals surface area contributed by atoms with Crippen LogP contribution >= 0.6 is 0 Å². The molecule has 3 heteroatoms. The van der Waals surface area contributed by atoms with Crippen LogP contribution in [0.4, 0.5) is 0 Å². The summed E-state index contributed by atoms with van der Waals surface area (Å²) in [7, 11) is 0. The molecule has 0 aromatic rings. The van der Waals surface area contributed by atoms with E-state index in [1.165, 1.54) is 0 Å². The Kier molecular flexibility index (Phi) is 3.61. The van der Waals surface area contributed by atoms with Crippen molar-refractivity contribution in [3.63, 3.8) is 0 Å². The molecule has 132 valence electrons. The number of rotatable bonds is 1. The molecule has 4 aliphatic carbocycles. The lowest BCUT2D eigenvalue weighted by atomic mass is 9.44. The first-order valence-electron chi connectivity index (χ1n) is 9.82. The molecule has 0 bridgehead atoms. The van der Waals surface area contributed by atoms with Gasteiger partial charge in [0.2, 0.25) is 0 Å². The minimum absolute atomic E-state index is 0.0174. The molecule has 24 heavy (non-hydrogen) atoms. The molecule has 4 rings (SSSR count). The molecule has 0 saturated heterocycles. The van der Waals surface area contributed by atoms with Gasteiger partial charge < -0.3 is 0 Å². The minimum Gasteiger partial charge on any atom is -0.300 e. The number of Topliss-reactive ketones (excluding diaryl/α,β-unsaturated/α-hetero) is 3. The first-order chi connectivity index (χ1) is 11.3. The van der Waals surface area contributed by atoms with Gasteiger partial charge in [-0.2, -0.15) is 0 Å². The van der Waals surface area contributed by atoms with Crippen LogP contribution in [0.15, 0.2) is 0 Å². The van der Waals surface area contributed by atoms with E-state index >= 15 is 0 Å². The van der Waals surface area contributed by atoms with Gasteiger partial charge in [0.1, 0.15) is 17.3 Å². The second-order valence-electron chi connectivity index (χ2n) is 9.66. The number of hydrogen-bond donors (Lipinski definition) is 0. The van der Waals surface area contributed by atoms with Gasteiger partial charge in [0.05, 0.1) is 0 Å². The van der Waals surface area contributed by atoms with Crippen LogP contribution in [0, 0.1) is 40.4 Å². The minimum atomic E-state index is -0.113. The average molecular weight is 330 g/mol. The largest absolute Gasteiger partial charge is 0.300 e. The van der Waals surface area contributed by atoms with Crippen LogP contribution in [0.25, 0.3) is 0 Å². The van der Waals surface area contributed by atoms with Crippen LogP contribution in [0.5, 0.6) is 0 Å². The number of carbonyl (C=O) groups is 3. The number of ketones is 3. The fourth-order valence-electron chi connectivity index (χ4n) is 7.53. The molecule has 0 aromatic heterocycles. The Labute approximate surface area is 144 Å². The summed E-state index contributed by atoms with van der Waals surface area (Å²) >= 11 is 0. The zero-order chi connectivity index (χ0) is 17.3. The van der Waals surface area contributed by atoms with Crippen LogP contribution in [0.2, 0.25) is 0 Å². The van der Waals surface area contributed by atoms with Gasteiger partial charge in [0, 0.05) is 31.1 Å². The fraction of sp³-hybridized carbons (Fsp3) is 0.857. The Balaban J connectivity index is 1.69. The Morgan fingerprint density at radius 1 is 1.04 bits per heavy atom. The summed E-state index contributed by atoms with van der Waals surface area (Å²) in [6, 6.07) is 0. The van der Waals surface area contributed by atoms with Crippen molar-refractivity contribution < 1.29 is 14.4 Å². The smallest absolute Gasteiger partial charge is 0.137 e. The molecular formula is C21H30O3. The van der Waals surface area contributed by atoms with Gasteiger partial charge in [0.15, 0.2) is 0 Å². The molecule has 4 saturated carbocycles. The standard InChI is InChI=1S/C21H30O3/c1-12(22)16-6-7-17-15-5-4-13-10-14(23)8-9-20(13,2)19(15)18(24)11-21(16,17)3/h13,15-17,19H,4-11H2,1-3H3/t13-,15+,16-,17+,19-,20+,21-/m1/s1. The lowest BCUT2D eigenvalue weighted by Gasteiger charge is -2.59. The van der Waals surface area contributed by atoms with E-state index in [0.29, 0.717) is 48.6 Å². The van der Waals surface area contributed by atoms with E-state index in [0.717, 1.165) is 32.1 Å². The summed E-state index contributed by atoms with van der Waals surface area (Å²) in [6.07, 6.45) is 7.05. The SMILES string of the molecule is CC(=O)[C@H]1CC[C@H]2[C@@H]3CC[C@@H]4CC(=O)CC[C@]4(C)[C@H]3C(=O)C[C@]12C. The summed E-state index contributed by atoms with van der Waals surface area (Å²) < 4.78 is 0. The van der Waals surface area contributed by atoms with Crippen molar-refractivity contribution in [1.82, 2.24) is 0 Å². The first kappa shape index (κ1) is 16.5. The topological polar surface area (TPSA) is 51.2 Å². The van der Waals surface area contributed by atoms with E-state index in [-0.39, 0.29) is 28.4 Å². The van der Waals surface area contributed by atoms with Crippen LogP contribution < -0.4 is 0 Å². The third-order valence-corrected chi connectivity index (χ3v) is 8.66. The van der Waals surface area contributed by atoms with E-state index < -0.39 is 0 Å². The Morgan fingerprint density at radius 2 is 1.79 bits per heavy atom. The van der Waals surface area contributed by atoms with Gasteiger partial charge in [0.25, 0.3) is 0 Å². The van der Waals surface area contributed by atoms with E-state index in [4.69, 9.17) is 0 Å². The molecule has 0 aromatic carbocycles. The van der Waals surface area contributed by atoms with Crippen LogP contribution in [0.3, 0.4) is 0 Å². The molecule has 0 unspecified atom stereocenters. The lowest BCUT2D eigenvalue weighted by molar-refractivity contribution is -0.161. The average Bonchev–Trinajstić information content (AvgIpc) is 2.84. The third kappa shape index (κ3) is 2.05. The highest BCUT2D eigenvalue weighted by atomic mass is 16.1. The highest BCUT2D eigenvalue weighted by Gasteiger charge is 2.63. The van der Waals surface area contributed by atoms with Gasteiger partial charge in [-0.3, -0.25) is 14.4 Å². The second-order valence-corrected chi connectivity index (χ2v) is 9.66. The summed E-state index contributed by atoms with van der Waals surface area (Å²) in [6.45, 7) is 6.21. The molecular weight excluding hydrogens is 300 g/mol. The summed E-state index contributed by atoms with van der Waals surface area (Å²) in [5.74, 6) is 2.63. The van der Waals surface area contributed by atoms with Crippen molar-refractivity contribution in [3.05, 3.63) is 0 Å². The molecule has 4 aliphatic rings. The van der Waals surface area contributed by atoms with Gasteiger partial charge in [-0.1, -0.05) is 13.8 Å². The van der Waals surface area contributed by atoms with Gasteiger partial charge >= 0.3 is 0 Å². The third-order valence-electron chi connectivity index (χ3n) is 8.66. The molecule has 0 spiro atoms. The van der Waals surface area contributed by atoms with Crippen molar-refractivity contribution in [3.8, 4) is 0 Å². The van der Waals surface area contributed by atoms with Crippen LogP contribution in [-0.2, 0) is 14.4 Å². The maximum Gasteiger partial charge on any atom is 0.137 e. The first-order valence-corrected chi connectivity index (χ1v) is 9.82.